The van der Waals surface area contributed by atoms with Crippen molar-refractivity contribution in [1.29, 1.82) is 0 Å². The molecule has 0 fully saturated rings. The summed E-state index contributed by atoms with van der Waals surface area (Å²) < 4.78 is 10.4. The molecule has 132 valence electrons. The molecule has 0 saturated carbocycles. The number of hydrogen-bond donors (Lipinski definition) is 0. The van der Waals surface area contributed by atoms with Crippen LogP contribution in [-0.4, -0.2) is 30.5 Å². The van der Waals surface area contributed by atoms with Gasteiger partial charge in [0.1, 0.15) is 5.75 Å². The first-order chi connectivity index (χ1) is 12.1. The van der Waals surface area contributed by atoms with E-state index in [4.69, 9.17) is 9.47 Å². The first-order valence-corrected chi connectivity index (χ1v) is 8.18. The maximum Gasteiger partial charge on any atom is 0.333 e. The van der Waals surface area contributed by atoms with E-state index in [1.54, 1.807) is 14.0 Å². The fourth-order valence-corrected chi connectivity index (χ4v) is 2.61. The topological polar surface area (TPSA) is 55.8 Å². The van der Waals surface area contributed by atoms with Crippen LogP contribution in [0.2, 0.25) is 0 Å². The molecule has 0 spiro atoms. The van der Waals surface area contributed by atoms with Crippen LogP contribution in [0.4, 0.5) is 0 Å². The Morgan fingerprint density at radius 1 is 1.04 bits per heavy atom. The average molecular weight is 341 g/mol. The highest BCUT2D eigenvalue weighted by atomic mass is 16.5. The quantitative estimate of drug-likeness (QED) is 0.725. The molecule has 1 atom stereocenters. The van der Waals surface area contributed by atoms with E-state index in [9.17, 15) is 9.59 Å². The van der Waals surface area contributed by atoms with Crippen molar-refractivity contribution in [3.05, 3.63) is 65.7 Å². The van der Waals surface area contributed by atoms with Crippen LogP contribution in [0.1, 0.15) is 31.0 Å². The number of nitrogens with zero attached hydrogens (tertiary/aromatic N) is 1. The summed E-state index contributed by atoms with van der Waals surface area (Å²) in [7, 11) is 1.60. The molecule has 0 heterocycles. The van der Waals surface area contributed by atoms with Crippen LogP contribution in [-0.2, 0) is 20.9 Å². The summed E-state index contributed by atoms with van der Waals surface area (Å²) in [6.45, 7) is 3.77. The molecule has 0 saturated heterocycles. The highest BCUT2D eigenvalue weighted by Crippen LogP contribution is 2.25. The smallest absolute Gasteiger partial charge is 0.333 e. The van der Waals surface area contributed by atoms with E-state index in [1.165, 1.54) is 11.8 Å². The van der Waals surface area contributed by atoms with Crippen molar-refractivity contribution in [2.75, 3.05) is 13.7 Å². The van der Waals surface area contributed by atoms with Gasteiger partial charge in [-0.15, -0.1) is 0 Å². The normalized spacial score (nSPS) is 11.5. The molecule has 5 nitrogen and oxygen atoms in total. The van der Waals surface area contributed by atoms with E-state index in [1.807, 2.05) is 54.6 Å². The van der Waals surface area contributed by atoms with Gasteiger partial charge < -0.3 is 14.4 Å². The molecule has 1 unspecified atom stereocenters. The molecule has 0 aromatic heterocycles. The van der Waals surface area contributed by atoms with Crippen LogP contribution >= 0.6 is 0 Å². The van der Waals surface area contributed by atoms with Gasteiger partial charge in [0.15, 0.2) is 6.04 Å². The van der Waals surface area contributed by atoms with Gasteiger partial charge in [-0.05, 0) is 30.2 Å². The Bertz CT molecular complexity index is 697. The highest BCUT2D eigenvalue weighted by Gasteiger charge is 2.30. The highest BCUT2D eigenvalue weighted by molar-refractivity contribution is 5.84. The lowest BCUT2D eigenvalue weighted by atomic mass is 10.0. The molecule has 25 heavy (non-hydrogen) atoms. The standard InChI is InChI=1S/C20H23NO4/c1-4-25-20(23)19(17-8-6-5-7-9-17)21(15(2)22)14-16-10-12-18(24-3)13-11-16/h5-13,19H,4,14H2,1-3H3. The summed E-state index contributed by atoms with van der Waals surface area (Å²) >= 11 is 0. The number of hydrogen-bond acceptors (Lipinski definition) is 4. The van der Waals surface area contributed by atoms with Crippen molar-refractivity contribution in [3.8, 4) is 5.75 Å². The molecule has 0 aliphatic heterocycles. The second kappa shape index (κ2) is 8.87. The van der Waals surface area contributed by atoms with Gasteiger partial charge in [0.25, 0.3) is 0 Å². The van der Waals surface area contributed by atoms with Crippen molar-refractivity contribution in [3.63, 3.8) is 0 Å². The number of rotatable bonds is 7. The minimum absolute atomic E-state index is 0.197. The third-order valence-electron chi connectivity index (χ3n) is 3.85. The predicted molar refractivity (Wildman–Crippen MR) is 95.0 cm³/mol. The number of ether oxygens (including phenoxy) is 2. The first-order valence-electron chi connectivity index (χ1n) is 8.18. The maximum atomic E-state index is 12.5. The van der Waals surface area contributed by atoms with Gasteiger partial charge >= 0.3 is 5.97 Å². The summed E-state index contributed by atoms with van der Waals surface area (Å²) in [4.78, 5) is 26.4. The molecular formula is C20H23NO4. The molecule has 1 amide bonds. The summed E-state index contributed by atoms with van der Waals surface area (Å²) in [6, 6.07) is 15.8. The van der Waals surface area contributed by atoms with Gasteiger partial charge in [-0.25, -0.2) is 4.79 Å². The molecule has 0 aliphatic rings. The first kappa shape index (κ1) is 18.5. The van der Waals surface area contributed by atoms with Crippen molar-refractivity contribution in [1.82, 2.24) is 4.90 Å². The number of carbonyl (C=O) groups excluding carboxylic acids is 2. The van der Waals surface area contributed by atoms with Gasteiger partial charge in [-0.2, -0.15) is 0 Å². The lowest BCUT2D eigenvalue weighted by Crippen LogP contribution is -2.38. The Kier molecular flexibility index (Phi) is 6.57. The molecule has 2 rings (SSSR count). The number of methoxy groups -OCH3 is 1. The molecule has 0 bridgehead atoms. The molecule has 0 N–H and O–H groups in total. The van der Waals surface area contributed by atoms with Crippen LogP contribution < -0.4 is 4.74 Å². The van der Waals surface area contributed by atoms with Gasteiger partial charge in [-0.3, -0.25) is 4.79 Å². The monoisotopic (exact) mass is 341 g/mol. The largest absolute Gasteiger partial charge is 0.497 e. The van der Waals surface area contributed by atoms with Crippen LogP contribution in [0.25, 0.3) is 0 Å². The number of amides is 1. The predicted octanol–water partition coefficient (Wildman–Crippen LogP) is 3.35. The van der Waals surface area contributed by atoms with E-state index < -0.39 is 12.0 Å². The Hall–Kier alpha value is -2.82. The molecule has 2 aromatic carbocycles. The molecule has 0 radical (unpaired) electrons. The lowest BCUT2D eigenvalue weighted by Gasteiger charge is -2.29. The number of carbonyl (C=O) groups is 2. The molecular weight excluding hydrogens is 318 g/mol. The van der Waals surface area contributed by atoms with E-state index in [0.717, 1.165) is 16.9 Å². The number of benzene rings is 2. The van der Waals surface area contributed by atoms with E-state index in [2.05, 4.69) is 0 Å². The Morgan fingerprint density at radius 3 is 2.20 bits per heavy atom. The van der Waals surface area contributed by atoms with Gasteiger partial charge in [-0.1, -0.05) is 42.5 Å². The third-order valence-corrected chi connectivity index (χ3v) is 3.85. The third kappa shape index (κ3) is 4.83. The fraction of sp³-hybridized carbons (Fsp3) is 0.300. The zero-order valence-electron chi connectivity index (χ0n) is 14.8. The Labute approximate surface area is 148 Å². The maximum absolute atomic E-state index is 12.5. The van der Waals surface area contributed by atoms with Crippen molar-refractivity contribution in [2.45, 2.75) is 26.4 Å². The summed E-state index contributed by atoms with van der Waals surface area (Å²) in [5, 5.41) is 0. The van der Waals surface area contributed by atoms with Gasteiger partial charge in [0.2, 0.25) is 5.91 Å². The second-order valence-corrected chi connectivity index (χ2v) is 5.56. The van der Waals surface area contributed by atoms with Crippen LogP contribution in [0.3, 0.4) is 0 Å². The average Bonchev–Trinajstić information content (AvgIpc) is 2.63. The van der Waals surface area contributed by atoms with E-state index >= 15 is 0 Å². The van der Waals surface area contributed by atoms with Crippen molar-refractivity contribution in [2.24, 2.45) is 0 Å². The Morgan fingerprint density at radius 2 is 1.68 bits per heavy atom. The van der Waals surface area contributed by atoms with Crippen molar-refractivity contribution < 1.29 is 19.1 Å². The van der Waals surface area contributed by atoms with Crippen LogP contribution in [0, 0.1) is 0 Å². The zero-order chi connectivity index (χ0) is 18.2. The minimum atomic E-state index is -0.777. The van der Waals surface area contributed by atoms with Crippen LogP contribution in [0.5, 0.6) is 5.75 Å². The summed E-state index contributed by atoms with van der Waals surface area (Å²) in [5.74, 6) is 0.110. The number of esters is 1. The molecule has 5 heteroatoms. The molecule has 0 aliphatic carbocycles. The van der Waals surface area contributed by atoms with Gasteiger partial charge in [0, 0.05) is 13.5 Å². The zero-order valence-corrected chi connectivity index (χ0v) is 14.8. The van der Waals surface area contributed by atoms with E-state index in [0.29, 0.717) is 6.54 Å². The Balaban J connectivity index is 2.34. The summed E-state index contributed by atoms with van der Waals surface area (Å²) in [5.41, 5.74) is 1.63. The SMILES string of the molecule is CCOC(=O)C(c1ccccc1)N(Cc1ccc(OC)cc1)C(C)=O. The minimum Gasteiger partial charge on any atom is -0.497 e. The van der Waals surface area contributed by atoms with Crippen LogP contribution in [0.15, 0.2) is 54.6 Å². The fourth-order valence-electron chi connectivity index (χ4n) is 2.61. The van der Waals surface area contributed by atoms with Crippen molar-refractivity contribution >= 4 is 11.9 Å². The molecule has 2 aromatic rings. The van der Waals surface area contributed by atoms with Gasteiger partial charge in [0.05, 0.1) is 13.7 Å². The summed E-state index contributed by atoms with van der Waals surface area (Å²) in [6.07, 6.45) is 0. The lowest BCUT2D eigenvalue weighted by molar-refractivity contribution is -0.155. The van der Waals surface area contributed by atoms with E-state index in [-0.39, 0.29) is 12.5 Å². The second-order valence-electron chi connectivity index (χ2n) is 5.56.